The molecule has 146 valence electrons. The Hall–Kier alpha value is -2.78. The Balaban J connectivity index is 1.70. The van der Waals surface area contributed by atoms with Crippen molar-refractivity contribution in [2.75, 3.05) is 16.3 Å². The van der Waals surface area contributed by atoms with Gasteiger partial charge in [0.1, 0.15) is 5.82 Å². The summed E-state index contributed by atoms with van der Waals surface area (Å²) in [5, 5.41) is 5.31. The molecular formula is C19H18FN3O3S2. The summed E-state index contributed by atoms with van der Waals surface area (Å²) in [7, 11) is -3.49. The fraction of sp³-hybridized carbons (Fsp3) is 0.158. The average molecular weight is 420 g/mol. The molecule has 0 spiro atoms. The lowest BCUT2D eigenvalue weighted by Gasteiger charge is -2.08. The average Bonchev–Trinajstić information content (AvgIpc) is 3.05. The number of nitrogens with one attached hydrogen (secondary N) is 2. The third kappa shape index (κ3) is 5.37. The zero-order valence-electron chi connectivity index (χ0n) is 15.2. The van der Waals surface area contributed by atoms with E-state index in [9.17, 15) is 17.6 Å². The molecule has 3 aromatic rings. The van der Waals surface area contributed by atoms with Crippen LogP contribution in [0.2, 0.25) is 0 Å². The maximum atomic E-state index is 14.0. The second kappa shape index (κ2) is 8.07. The number of anilines is 2. The number of amides is 1. The van der Waals surface area contributed by atoms with Gasteiger partial charge in [0.2, 0.25) is 15.9 Å². The van der Waals surface area contributed by atoms with Crippen LogP contribution in [0.4, 0.5) is 15.1 Å². The van der Waals surface area contributed by atoms with Gasteiger partial charge >= 0.3 is 0 Å². The van der Waals surface area contributed by atoms with Gasteiger partial charge < -0.3 is 5.32 Å². The summed E-state index contributed by atoms with van der Waals surface area (Å²) in [6, 6.07) is 9.43. The Morgan fingerprint density at radius 1 is 1.18 bits per heavy atom. The summed E-state index contributed by atoms with van der Waals surface area (Å²) >= 11 is 1.37. The van der Waals surface area contributed by atoms with Crippen molar-refractivity contribution >= 4 is 38.0 Å². The molecule has 0 unspecified atom stereocenters. The molecule has 0 saturated heterocycles. The number of carbonyl (C=O) groups is 1. The van der Waals surface area contributed by atoms with E-state index in [-0.39, 0.29) is 17.7 Å². The van der Waals surface area contributed by atoms with Gasteiger partial charge in [0, 0.05) is 23.0 Å². The van der Waals surface area contributed by atoms with E-state index in [1.165, 1.54) is 23.5 Å². The zero-order chi connectivity index (χ0) is 20.3. The number of halogens is 1. The van der Waals surface area contributed by atoms with Gasteiger partial charge in [-0.25, -0.2) is 12.8 Å². The number of sulfonamides is 1. The topological polar surface area (TPSA) is 88.2 Å². The van der Waals surface area contributed by atoms with E-state index in [2.05, 4.69) is 15.0 Å². The molecule has 6 nitrogen and oxygen atoms in total. The first kappa shape index (κ1) is 20.0. The first-order valence-corrected chi connectivity index (χ1v) is 11.0. The smallest absolute Gasteiger partial charge is 0.229 e. The first-order chi connectivity index (χ1) is 13.2. The Labute approximate surface area is 166 Å². The van der Waals surface area contributed by atoms with Crippen molar-refractivity contribution in [3.8, 4) is 11.1 Å². The van der Waals surface area contributed by atoms with Crippen molar-refractivity contribution in [3.63, 3.8) is 0 Å². The summed E-state index contributed by atoms with van der Waals surface area (Å²) in [4.78, 5) is 16.5. The van der Waals surface area contributed by atoms with Crippen LogP contribution in [-0.2, 0) is 21.2 Å². The van der Waals surface area contributed by atoms with E-state index < -0.39 is 21.7 Å². The fourth-order valence-corrected chi connectivity index (χ4v) is 4.00. The van der Waals surface area contributed by atoms with Crippen LogP contribution in [-0.4, -0.2) is 25.6 Å². The highest BCUT2D eigenvalue weighted by molar-refractivity contribution is 7.92. The molecular weight excluding hydrogens is 401 g/mol. The van der Waals surface area contributed by atoms with Crippen molar-refractivity contribution in [1.82, 2.24) is 4.98 Å². The lowest BCUT2D eigenvalue weighted by atomic mass is 10.1. The zero-order valence-corrected chi connectivity index (χ0v) is 16.8. The molecule has 28 heavy (non-hydrogen) atoms. The number of carbonyl (C=O) groups excluding carboxylic acids is 1. The van der Waals surface area contributed by atoms with Crippen molar-refractivity contribution in [2.24, 2.45) is 0 Å². The summed E-state index contributed by atoms with van der Waals surface area (Å²) in [5.74, 6) is -0.969. The Morgan fingerprint density at radius 2 is 1.96 bits per heavy atom. The monoisotopic (exact) mass is 419 g/mol. The van der Waals surface area contributed by atoms with Gasteiger partial charge in [0.05, 0.1) is 17.7 Å². The van der Waals surface area contributed by atoms with Crippen LogP contribution in [0, 0.1) is 12.7 Å². The second-order valence-electron chi connectivity index (χ2n) is 6.29. The van der Waals surface area contributed by atoms with Crippen LogP contribution in [0.15, 0.2) is 48.0 Å². The number of hydrogen-bond donors (Lipinski definition) is 2. The van der Waals surface area contributed by atoms with Crippen molar-refractivity contribution in [2.45, 2.75) is 13.3 Å². The van der Waals surface area contributed by atoms with E-state index in [0.29, 0.717) is 5.00 Å². The molecule has 2 aromatic heterocycles. The van der Waals surface area contributed by atoms with Crippen LogP contribution in [0.3, 0.4) is 0 Å². The number of rotatable bonds is 6. The number of thiophene rings is 1. The largest absolute Gasteiger partial charge is 0.317 e. The third-order valence-corrected chi connectivity index (χ3v) is 5.24. The molecule has 1 amide bonds. The van der Waals surface area contributed by atoms with Gasteiger partial charge in [-0.15, -0.1) is 11.3 Å². The lowest BCUT2D eigenvalue weighted by molar-refractivity contribution is -0.115. The molecule has 0 aliphatic heterocycles. The molecule has 2 heterocycles. The summed E-state index contributed by atoms with van der Waals surface area (Å²) in [6.07, 6.45) is 2.51. The molecule has 0 atom stereocenters. The second-order valence-corrected chi connectivity index (χ2v) is 8.95. The maximum Gasteiger partial charge on any atom is 0.229 e. The van der Waals surface area contributed by atoms with Crippen molar-refractivity contribution in [1.29, 1.82) is 0 Å². The first-order valence-electron chi connectivity index (χ1n) is 8.27. The predicted octanol–water partition coefficient (Wildman–Crippen LogP) is 3.81. The highest BCUT2D eigenvalue weighted by Crippen LogP contribution is 2.29. The Bertz CT molecular complexity index is 1130. The number of aromatic nitrogens is 1. The van der Waals surface area contributed by atoms with Gasteiger partial charge in [0.25, 0.3) is 0 Å². The molecule has 0 aliphatic carbocycles. The molecule has 0 aliphatic rings. The lowest BCUT2D eigenvalue weighted by Crippen LogP contribution is -2.15. The van der Waals surface area contributed by atoms with Crippen molar-refractivity contribution in [3.05, 3.63) is 65.0 Å². The van der Waals surface area contributed by atoms with E-state index >= 15 is 0 Å². The van der Waals surface area contributed by atoms with E-state index in [0.717, 1.165) is 29.1 Å². The number of nitrogens with zero attached hydrogens (tertiary/aromatic N) is 1. The van der Waals surface area contributed by atoms with Crippen LogP contribution in [0.5, 0.6) is 0 Å². The molecule has 0 bridgehead atoms. The summed E-state index contributed by atoms with van der Waals surface area (Å²) in [5.41, 5.74) is 3.16. The van der Waals surface area contributed by atoms with E-state index in [4.69, 9.17) is 0 Å². The Morgan fingerprint density at radius 3 is 2.68 bits per heavy atom. The molecule has 9 heteroatoms. The quantitative estimate of drug-likeness (QED) is 0.636. The number of aryl methyl sites for hydroxylation is 1. The molecule has 0 radical (unpaired) electrons. The number of pyridine rings is 1. The van der Waals surface area contributed by atoms with E-state index in [1.54, 1.807) is 6.20 Å². The molecule has 2 N–H and O–H groups in total. The maximum absolute atomic E-state index is 14.0. The normalized spacial score (nSPS) is 11.2. The van der Waals surface area contributed by atoms with Crippen molar-refractivity contribution < 1.29 is 17.6 Å². The van der Waals surface area contributed by atoms with Gasteiger partial charge in [-0.2, -0.15) is 0 Å². The molecule has 3 rings (SSSR count). The minimum atomic E-state index is -3.49. The highest BCUT2D eigenvalue weighted by Gasteiger charge is 2.12. The molecule has 1 aromatic carbocycles. The number of hydrogen-bond acceptors (Lipinski definition) is 5. The van der Waals surface area contributed by atoms with E-state index in [1.807, 2.05) is 30.5 Å². The standard InChI is InChI=1S/C19H18FN3O3S2/c1-12-7-13(5-6-21-12)15-10-19(27-11-15)22-18(24)9-14-8-16(3-4-17(14)20)23-28(2,25)26/h3-8,10-11,23H,9H2,1-2H3,(H,22,24). The van der Waals surface area contributed by atoms with Crippen LogP contribution >= 0.6 is 11.3 Å². The Kier molecular flexibility index (Phi) is 5.76. The minimum Gasteiger partial charge on any atom is -0.317 e. The van der Waals surface area contributed by atoms with Crippen LogP contribution in [0.1, 0.15) is 11.3 Å². The number of benzene rings is 1. The fourth-order valence-electron chi connectivity index (χ4n) is 2.62. The SMILES string of the molecule is Cc1cc(-c2csc(NC(=O)Cc3cc(NS(C)(=O)=O)ccc3F)c2)ccn1. The van der Waals surface area contributed by atoms with Crippen LogP contribution < -0.4 is 10.0 Å². The summed E-state index contributed by atoms with van der Waals surface area (Å²) in [6.45, 7) is 1.90. The van der Waals surface area contributed by atoms with Gasteiger partial charge in [-0.05, 0) is 60.0 Å². The summed E-state index contributed by atoms with van der Waals surface area (Å²) < 4.78 is 38.9. The van der Waals surface area contributed by atoms with Gasteiger partial charge in [-0.1, -0.05) is 0 Å². The highest BCUT2D eigenvalue weighted by atomic mass is 32.2. The molecule has 0 saturated carbocycles. The van der Waals surface area contributed by atoms with Crippen LogP contribution in [0.25, 0.3) is 11.1 Å². The van der Waals surface area contributed by atoms with Gasteiger partial charge in [0.15, 0.2) is 0 Å². The third-order valence-electron chi connectivity index (χ3n) is 3.79. The van der Waals surface area contributed by atoms with Gasteiger partial charge in [-0.3, -0.25) is 14.5 Å². The molecule has 0 fully saturated rings. The minimum absolute atomic E-state index is 0.104. The predicted molar refractivity (Wildman–Crippen MR) is 109 cm³/mol.